The molecule has 1 amide bonds. The van der Waals surface area contributed by atoms with Crippen LogP contribution in [0.4, 0.5) is 0 Å². The Morgan fingerprint density at radius 3 is 3.05 bits per heavy atom. The van der Waals surface area contributed by atoms with Crippen LogP contribution in [-0.4, -0.2) is 37.1 Å². The molecule has 1 fully saturated rings. The van der Waals surface area contributed by atoms with Gasteiger partial charge in [-0.05, 0) is 59.8 Å². The molecule has 2 rings (SSSR count). The van der Waals surface area contributed by atoms with E-state index in [4.69, 9.17) is 16.3 Å². The first kappa shape index (κ1) is 15.8. The molecule has 0 spiro atoms. The third-order valence-corrected chi connectivity index (χ3v) is 4.74. The van der Waals surface area contributed by atoms with Crippen molar-refractivity contribution in [3.8, 4) is 0 Å². The summed E-state index contributed by atoms with van der Waals surface area (Å²) in [6.45, 7) is 5.07. The van der Waals surface area contributed by atoms with Crippen LogP contribution in [0.25, 0.3) is 0 Å². The summed E-state index contributed by atoms with van der Waals surface area (Å²) in [6, 6.07) is 5.32. The second kappa shape index (κ2) is 7.43. The van der Waals surface area contributed by atoms with E-state index in [0.29, 0.717) is 16.5 Å². The minimum atomic E-state index is 0.0727. The van der Waals surface area contributed by atoms with Crippen LogP contribution in [0.15, 0.2) is 22.7 Å². The Kier molecular flexibility index (Phi) is 5.87. The molecule has 1 saturated heterocycles. The lowest BCUT2D eigenvalue weighted by atomic mass is 9.98. The Labute approximate surface area is 133 Å². The van der Waals surface area contributed by atoms with Crippen LogP contribution in [0.1, 0.15) is 30.1 Å². The Morgan fingerprint density at radius 2 is 2.35 bits per heavy atom. The average Bonchev–Trinajstić information content (AvgIpc) is 2.47. The van der Waals surface area contributed by atoms with E-state index >= 15 is 0 Å². The second-order valence-electron chi connectivity index (χ2n) is 5.05. The fourth-order valence-corrected chi connectivity index (χ4v) is 2.98. The highest BCUT2D eigenvalue weighted by molar-refractivity contribution is 9.10. The van der Waals surface area contributed by atoms with Gasteiger partial charge in [-0.1, -0.05) is 11.6 Å². The van der Waals surface area contributed by atoms with Crippen LogP contribution in [0, 0.1) is 5.92 Å². The first-order chi connectivity index (χ1) is 9.61. The molecule has 1 atom stereocenters. The standard InChI is InChI=1S/C15H19BrClNO2/c1-2-20-10-11-4-3-7-18(9-11)15(19)12-5-6-14(17)13(16)8-12/h5-6,8,11H,2-4,7,9-10H2,1H3. The van der Waals surface area contributed by atoms with Gasteiger partial charge in [0, 0.05) is 29.7 Å². The fourth-order valence-electron chi connectivity index (χ4n) is 2.48. The molecule has 0 N–H and O–H groups in total. The molecule has 1 aromatic rings. The number of hydrogen-bond donors (Lipinski definition) is 0. The Bertz CT molecular complexity index is 481. The normalized spacial score (nSPS) is 19.1. The molecule has 1 aliphatic heterocycles. The zero-order valence-electron chi connectivity index (χ0n) is 11.6. The van der Waals surface area contributed by atoms with Crippen molar-refractivity contribution in [1.29, 1.82) is 0 Å². The van der Waals surface area contributed by atoms with Crippen LogP contribution in [0.3, 0.4) is 0 Å². The van der Waals surface area contributed by atoms with Crippen molar-refractivity contribution < 1.29 is 9.53 Å². The maximum absolute atomic E-state index is 12.5. The highest BCUT2D eigenvalue weighted by Crippen LogP contribution is 2.25. The molecular formula is C15H19BrClNO2. The van der Waals surface area contributed by atoms with Gasteiger partial charge in [-0.2, -0.15) is 0 Å². The zero-order valence-corrected chi connectivity index (χ0v) is 13.9. The quantitative estimate of drug-likeness (QED) is 0.812. The summed E-state index contributed by atoms with van der Waals surface area (Å²) < 4.78 is 6.24. The van der Waals surface area contributed by atoms with Crippen LogP contribution < -0.4 is 0 Å². The monoisotopic (exact) mass is 359 g/mol. The SMILES string of the molecule is CCOCC1CCCN(C(=O)c2ccc(Cl)c(Br)c2)C1. The van der Waals surface area contributed by atoms with E-state index in [9.17, 15) is 4.79 Å². The number of nitrogens with zero attached hydrogens (tertiary/aromatic N) is 1. The molecule has 1 aromatic carbocycles. The summed E-state index contributed by atoms with van der Waals surface area (Å²) in [5, 5.41) is 0.620. The van der Waals surface area contributed by atoms with Crippen molar-refractivity contribution >= 4 is 33.4 Å². The number of carbonyl (C=O) groups is 1. The Balaban J connectivity index is 2.02. The van der Waals surface area contributed by atoms with E-state index in [-0.39, 0.29) is 5.91 Å². The molecule has 3 nitrogen and oxygen atoms in total. The summed E-state index contributed by atoms with van der Waals surface area (Å²) in [6.07, 6.45) is 2.17. The molecule has 110 valence electrons. The molecule has 0 aromatic heterocycles. The van der Waals surface area contributed by atoms with Gasteiger partial charge in [-0.15, -0.1) is 0 Å². The van der Waals surface area contributed by atoms with Crippen LogP contribution in [0.5, 0.6) is 0 Å². The Hall–Kier alpha value is -0.580. The molecular weight excluding hydrogens is 342 g/mol. The van der Waals surface area contributed by atoms with E-state index in [1.807, 2.05) is 11.8 Å². The number of hydrogen-bond acceptors (Lipinski definition) is 2. The number of rotatable bonds is 4. The van der Waals surface area contributed by atoms with Gasteiger partial charge in [-0.25, -0.2) is 0 Å². The van der Waals surface area contributed by atoms with Gasteiger partial charge in [0.25, 0.3) is 5.91 Å². The summed E-state index contributed by atoms with van der Waals surface area (Å²) in [7, 11) is 0. The summed E-state index contributed by atoms with van der Waals surface area (Å²) in [5.74, 6) is 0.520. The number of halogens is 2. The highest BCUT2D eigenvalue weighted by atomic mass is 79.9. The number of benzene rings is 1. The van der Waals surface area contributed by atoms with Gasteiger partial charge in [-0.3, -0.25) is 4.79 Å². The van der Waals surface area contributed by atoms with E-state index in [0.717, 1.165) is 43.6 Å². The van der Waals surface area contributed by atoms with Gasteiger partial charge >= 0.3 is 0 Å². The van der Waals surface area contributed by atoms with E-state index in [1.54, 1.807) is 18.2 Å². The highest BCUT2D eigenvalue weighted by Gasteiger charge is 2.24. The van der Waals surface area contributed by atoms with Crippen LogP contribution in [0.2, 0.25) is 5.02 Å². The third-order valence-electron chi connectivity index (χ3n) is 3.53. The first-order valence-electron chi connectivity index (χ1n) is 6.94. The molecule has 0 saturated carbocycles. The van der Waals surface area contributed by atoms with E-state index < -0.39 is 0 Å². The fraction of sp³-hybridized carbons (Fsp3) is 0.533. The number of likely N-dealkylation sites (tertiary alicyclic amines) is 1. The average molecular weight is 361 g/mol. The predicted octanol–water partition coefficient (Wildman–Crippen LogP) is 3.99. The zero-order chi connectivity index (χ0) is 14.5. The second-order valence-corrected chi connectivity index (χ2v) is 6.31. The van der Waals surface area contributed by atoms with E-state index in [1.165, 1.54) is 0 Å². The topological polar surface area (TPSA) is 29.5 Å². The number of amides is 1. The molecule has 0 radical (unpaired) electrons. The van der Waals surface area contributed by atoms with Crippen molar-refractivity contribution in [1.82, 2.24) is 4.90 Å². The van der Waals surface area contributed by atoms with Crippen molar-refractivity contribution in [3.05, 3.63) is 33.3 Å². The molecule has 1 aliphatic rings. The summed E-state index contributed by atoms with van der Waals surface area (Å²) in [5.41, 5.74) is 0.679. The summed E-state index contributed by atoms with van der Waals surface area (Å²) in [4.78, 5) is 14.4. The van der Waals surface area contributed by atoms with Gasteiger partial charge < -0.3 is 9.64 Å². The number of carbonyl (C=O) groups excluding carboxylic acids is 1. The molecule has 0 bridgehead atoms. The van der Waals surface area contributed by atoms with E-state index in [2.05, 4.69) is 15.9 Å². The minimum Gasteiger partial charge on any atom is -0.381 e. The molecule has 1 unspecified atom stereocenters. The number of ether oxygens (including phenoxy) is 1. The molecule has 0 aliphatic carbocycles. The lowest BCUT2D eigenvalue weighted by Gasteiger charge is -2.32. The number of piperidine rings is 1. The molecule has 1 heterocycles. The predicted molar refractivity (Wildman–Crippen MR) is 84.3 cm³/mol. The van der Waals surface area contributed by atoms with Crippen LogP contribution >= 0.6 is 27.5 Å². The maximum Gasteiger partial charge on any atom is 0.253 e. The smallest absolute Gasteiger partial charge is 0.253 e. The van der Waals surface area contributed by atoms with Gasteiger partial charge in [0.1, 0.15) is 0 Å². The largest absolute Gasteiger partial charge is 0.381 e. The van der Waals surface area contributed by atoms with Gasteiger partial charge in [0.15, 0.2) is 0 Å². The molecule has 5 heteroatoms. The summed E-state index contributed by atoms with van der Waals surface area (Å²) >= 11 is 9.32. The van der Waals surface area contributed by atoms with Crippen LogP contribution in [-0.2, 0) is 4.74 Å². The Morgan fingerprint density at radius 1 is 1.55 bits per heavy atom. The lowest BCUT2D eigenvalue weighted by Crippen LogP contribution is -2.41. The van der Waals surface area contributed by atoms with Crippen molar-refractivity contribution in [3.63, 3.8) is 0 Å². The first-order valence-corrected chi connectivity index (χ1v) is 8.11. The maximum atomic E-state index is 12.5. The van der Waals surface area contributed by atoms with Crippen molar-refractivity contribution in [2.24, 2.45) is 5.92 Å². The minimum absolute atomic E-state index is 0.0727. The third kappa shape index (κ3) is 3.96. The van der Waals surface area contributed by atoms with Crippen molar-refractivity contribution in [2.45, 2.75) is 19.8 Å². The van der Waals surface area contributed by atoms with Gasteiger partial charge in [0.2, 0.25) is 0 Å². The molecule has 20 heavy (non-hydrogen) atoms. The van der Waals surface area contributed by atoms with Gasteiger partial charge in [0.05, 0.1) is 11.6 Å². The lowest BCUT2D eigenvalue weighted by molar-refractivity contribution is 0.0501. The van der Waals surface area contributed by atoms with Crippen molar-refractivity contribution in [2.75, 3.05) is 26.3 Å².